The fourth-order valence-corrected chi connectivity index (χ4v) is 3.71. The summed E-state index contributed by atoms with van der Waals surface area (Å²) < 4.78 is 0. The normalized spacial score (nSPS) is 18.6. The summed E-state index contributed by atoms with van der Waals surface area (Å²) in [6, 6.07) is 30.6. The van der Waals surface area contributed by atoms with Crippen LogP contribution in [0.25, 0.3) is 11.6 Å². The molecule has 0 fully saturated rings. The molecule has 0 bridgehead atoms. The van der Waals surface area contributed by atoms with Crippen molar-refractivity contribution >= 4 is 17.4 Å². The lowest BCUT2D eigenvalue weighted by atomic mass is 9.84. The van der Waals surface area contributed by atoms with E-state index in [0.29, 0.717) is 0 Å². The molecule has 1 aliphatic carbocycles. The molecule has 26 heavy (non-hydrogen) atoms. The van der Waals surface area contributed by atoms with E-state index in [2.05, 4.69) is 24.3 Å². The second-order valence-corrected chi connectivity index (χ2v) is 6.59. The lowest BCUT2D eigenvalue weighted by Gasteiger charge is -2.18. The first kappa shape index (κ1) is 16.3. The van der Waals surface area contributed by atoms with Crippen LogP contribution in [0.1, 0.15) is 29.5 Å². The molecule has 3 aromatic carbocycles. The highest BCUT2D eigenvalue weighted by molar-refractivity contribution is 6.22. The first-order valence-corrected chi connectivity index (χ1v) is 8.88. The second-order valence-electron chi connectivity index (χ2n) is 6.59. The van der Waals surface area contributed by atoms with E-state index in [1.165, 1.54) is 0 Å². The summed E-state index contributed by atoms with van der Waals surface area (Å²) >= 11 is 0. The average Bonchev–Trinajstić information content (AvgIpc) is 2.95. The van der Waals surface area contributed by atoms with Crippen LogP contribution in [0.2, 0.25) is 0 Å². The Hall–Kier alpha value is -3.19. The number of carbonyl (C=O) groups is 1. The van der Waals surface area contributed by atoms with E-state index < -0.39 is 0 Å². The summed E-state index contributed by atoms with van der Waals surface area (Å²) in [4.78, 5) is 13.2. The second kappa shape index (κ2) is 6.97. The Labute approximate surface area is 154 Å². The molecule has 1 heteroatoms. The Balaban J connectivity index is 1.91. The number of Topliss-reactive ketones (excluding diaryl/α,β-unsaturated/α-hetero) is 1. The van der Waals surface area contributed by atoms with Gasteiger partial charge in [-0.15, -0.1) is 0 Å². The van der Waals surface area contributed by atoms with Crippen LogP contribution >= 0.6 is 0 Å². The van der Waals surface area contributed by atoms with Gasteiger partial charge in [0, 0.05) is 17.1 Å². The number of allylic oxidation sites excluding steroid dienone is 3. The van der Waals surface area contributed by atoms with E-state index in [9.17, 15) is 4.79 Å². The maximum Gasteiger partial charge on any atom is 0.186 e. The molecule has 0 N–H and O–H groups in total. The lowest BCUT2D eigenvalue weighted by Crippen LogP contribution is -2.04. The molecule has 0 aliphatic heterocycles. The van der Waals surface area contributed by atoms with Crippen LogP contribution in [-0.4, -0.2) is 5.78 Å². The van der Waals surface area contributed by atoms with Crippen molar-refractivity contribution in [3.05, 3.63) is 119 Å². The average molecular weight is 336 g/mol. The van der Waals surface area contributed by atoms with Crippen LogP contribution in [0.3, 0.4) is 0 Å². The van der Waals surface area contributed by atoms with Crippen LogP contribution in [0.15, 0.2) is 102 Å². The molecular formula is C25H20O. The maximum absolute atomic E-state index is 13.2. The minimum atomic E-state index is -0.0358. The van der Waals surface area contributed by atoms with Crippen molar-refractivity contribution in [1.29, 1.82) is 0 Å². The van der Waals surface area contributed by atoms with Gasteiger partial charge in [-0.25, -0.2) is 0 Å². The zero-order valence-corrected chi connectivity index (χ0v) is 14.7. The van der Waals surface area contributed by atoms with E-state index in [1.807, 2.05) is 79.7 Å². The number of hydrogen-bond acceptors (Lipinski definition) is 1. The van der Waals surface area contributed by atoms with Crippen molar-refractivity contribution in [3.63, 3.8) is 0 Å². The Morgan fingerprint density at radius 3 is 1.88 bits per heavy atom. The molecule has 0 amide bonds. The molecule has 0 saturated heterocycles. The molecule has 0 spiro atoms. The van der Waals surface area contributed by atoms with E-state index >= 15 is 0 Å². The van der Waals surface area contributed by atoms with Gasteiger partial charge in [0.05, 0.1) is 0 Å². The third kappa shape index (κ3) is 2.93. The highest BCUT2D eigenvalue weighted by atomic mass is 16.1. The molecule has 1 aliphatic rings. The molecule has 0 aromatic heterocycles. The quantitative estimate of drug-likeness (QED) is 0.543. The van der Waals surface area contributed by atoms with Crippen molar-refractivity contribution in [1.82, 2.24) is 0 Å². The van der Waals surface area contributed by atoms with Crippen molar-refractivity contribution < 1.29 is 4.79 Å². The molecule has 0 radical (unpaired) electrons. The summed E-state index contributed by atoms with van der Waals surface area (Å²) in [5, 5.41) is 0. The van der Waals surface area contributed by atoms with Gasteiger partial charge in [-0.2, -0.15) is 0 Å². The predicted molar refractivity (Wildman–Crippen MR) is 108 cm³/mol. The highest BCUT2D eigenvalue weighted by Crippen LogP contribution is 2.47. The topological polar surface area (TPSA) is 17.1 Å². The van der Waals surface area contributed by atoms with Crippen LogP contribution in [0, 0.1) is 0 Å². The van der Waals surface area contributed by atoms with Crippen LogP contribution in [0.4, 0.5) is 0 Å². The Bertz CT molecular complexity index is 980. The van der Waals surface area contributed by atoms with Gasteiger partial charge in [-0.3, -0.25) is 4.79 Å². The van der Waals surface area contributed by atoms with Gasteiger partial charge in [-0.1, -0.05) is 91.0 Å². The standard InChI is InChI=1S/C25H20O/c1-18-23(20-13-7-3-8-14-20)24(21-15-9-4-10-16-21)22(25(18)26)17-19-11-5-2-6-12-19/h2-17,24H,1H3/b22-17-. The van der Waals surface area contributed by atoms with Gasteiger partial charge in [0.25, 0.3) is 0 Å². The molecule has 1 nitrogen and oxygen atoms in total. The zero-order chi connectivity index (χ0) is 17.9. The van der Waals surface area contributed by atoms with Gasteiger partial charge < -0.3 is 0 Å². The first-order valence-electron chi connectivity index (χ1n) is 8.88. The Morgan fingerprint density at radius 1 is 0.731 bits per heavy atom. The fourth-order valence-electron chi connectivity index (χ4n) is 3.71. The van der Waals surface area contributed by atoms with Crippen molar-refractivity contribution in [3.8, 4) is 0 Å². The van der Waals surface area contributed by atoms with E-state index in [-0.39, 0.29) is 11.7 Å². The number of benzene rings is 3. The molecule has 4 rings (SSSR count). The zero-order valence-electron chi connectivity index (χ0n) is 14.7. The number of ketones is 1. The lowest BCUT2D eigenvalue weighted by molar-refractivity contribution is -0.111. The number of hydrogen-bond donors (Lipinski definition) is 0. The summed E-state index contributed by atoms with van der Waals surface area (Å²) in [6.45, 7) is 1.95. The summed E-state index contributed by atoms with van der Waals surface area (Å²) in [5.74, 6) is 0.105. The van der Waals surface area contributed by atoms with Gasteiger partial charge in [0.15, 0.2) is 5.78 Å². The molecule has 1 unspecified atom stereocenters. The summed E-state index contributed by atoms with van der Waals surface area (Å²) in [5.41, 5.74) is 6.12. The molecule has 0 saturated carbocycles. The van der Waals surface area contributed by atoms with Crippen molar-refractivity contribution in [2.75, 3.05) is 0 Å². The fraction of sp³-hybridized carbons (Fsp3) is 0.0800. The van der Waals surface area contributed by atoms with Crippen LogP contribution in [-0.2, 0) is 4.79 Å². The minimum Gasteiger partial charge on any atom is -0.289 e. The largest absolute Gasteiger partial charge is 0.289 e. The third-order valence-electron chi connectivity index (χ3n) is 4.95. The third-order valence-corrected chi connectivity index (χ3v) is 4.95. The van der Waals surface area contributed by atoms with E-state index in [0.717, 1.165) is 33.4 Å². The number of carbonyl (C=O) groups excluding carboxylic acids is 1. The highest BCUT2D eigenvalue weighted by Gasteiger charge is 2.36. The Morgan fingerprint density at radius 2 is 1.27 bits per heavy atom. The molecule has 1 atom stereocenters. The monoisotopic (exact) mass is 336 g/mol. The Kier molecular flexibility index (Phi) is 4.37. The smallest absolute Gasteiger partial charge is 0.186 e. The summed E-state index contributed by atoms with van der Waals surface area (Å²) in [6.07, 6.45) is 2.04. The minimum absolute atomic E-state index is 0.0358. The van der Waals surface area contributed by atoms with Gasteiger partial charge >= 0.3 is 0 Å². The number of rotatable bonds is 3. The van der Waals surface area contributed by atoms with Gasteiger partial charge in [-0.05, 0) is 35.3 Å². The predicted octanol–water partition coefficient (Wildman–Crippen LogP) is 5.91. The summed E-state index contributed by atoms with van der Waals surface area (Å²) in [7, 11) is 0. The van der Waals surface area contributed by atoms with Crippen molar-refractivity contribution in [2.45, 2.75) is 12.8 Å². The first-order chi connectivity index (χ1) is 12.8. The van der Waals surface area contributed by atoms with E-state index in [4.69, 9.17) is 0 Å². The van der Waals surface area contributed by atoms with Gasteiger partial charge in [0.1, 0.15) is 0 Å². The molecule has 0 heterocycles. The maximum atomic E-state index is 13.2. The van der Waals surface area contributed by atoms with Crippen LogP contribution < -0.4 is 0 Å². The molecule has 3 aromatic rings. The van der Waals surface area contributed by atoms with E-state index in [1.54, 1.807) is 0 Å². The molecular weight excluding hydrogens is 316 g/mol. The molecule has 126 valence electrons. The SMILES string of the molecule is CC1=C(c2ccccc2)C(c2ccccc2)/C(=C/c2ccccc2)C1=O. The van der Waals surface area contributed by atoms with Crippen molar-refractivity contribution in [2.24, 2.45) is 0 Å². The van der Waals surface area contributed by atoms with Crippen LogP contribution in [0.5, 0.6) is 0 Å². The van der Waals surface area contributed by atoms with Gasteiger partial charge in [0.2, 0.25) is 0 Å².